The van der Waals surface area contributed by atoms with Crippen LogP contribution in [0.4, 0.5) is 0 Å². The lowest BCUT2D eigenvalue weighted by Gasteiger charge is -2.02. The van der Waals surface area contributed by atoms with Crippen molar-refractivity contribution >= 4 is 64.1 Å². The van der Waals surface area contributed by atoms with Crippen molar-refractivity contribution in [2.45, 2.75) is 0 Å². The summed E-state index contributed by atoms with van der Waals surface area (Å²) in [5, 5.41) is 36.4. The molecule has 0 unspecified atom stereocenters. The largest absolute Gasteiger partial charge is 0.287 e. The molecule has 2 heterocycles. The molecule has 1 aromatic carbocycles. The minimum atomic E-state index is -0.468. The van der Waals surface area contributed by atoms with Crippen molar-refractivity contribution < 1.29 is 0 Å². The van der Waals surface area contributed by atoms with E-state index in [2.05, 4.69) is 0 Å². The molecule has 0 aliphatic carbocycles. The average molecular weight is 384 g/mol. The maximum Gasteiger partial charge on any atom is 0.216 e. The first-order chi connectivity index (χ1) is 11.5. The molecular weight excluding hydrogens is 384 g/mol. The highest BCUT2D eigenvalue weighted by molar-refractivity contribution is 7.32. The van der Waals surface area contributed by atoms with Crippen LogP contribution in [0, 0.1) is 45.3 Å². The van der Waals surface area contributed by atoms with Gasteiger partial charge in [-0.3, -0.25) is 9.59 Å². The highest BCUT2D eigenvalue weighted by Gasteiger charge is 2.19. The Labute approximate surface area is 149 Å². The molecule has 2 aromatic heterocycles. The lowest BCUT2D eigenvalue weighted by molar-refractivity contribution is 1.49. The van der Waals surface area contributed by atoms with E-state index in [1.165, 1.54) is 0 Å². The Hall–Kier alpha value is -2.86. The molecule has 0 bridgehead atoms. The van der Waals surface area contributed by atoms with Crippen LogP contribution in [-0.4, -0.2) is 0 Å². The number of benzene rings is 1. The molecule has 3 aromatic rings. The van der Waals surface area contributed by atoms with E-state index < -0.39 is 10.9 Å². The van der Waals surface area contributed by atoms with Gasteiger partial charge in [0.2, 0.25) is 10.9 Å². The van der Waals surface area contributed by atoms with Crippen LogP contribution in [0.2, 0.25) is 0 Å². The van der Waals surface area contributed by atoms with Crippen molar-refractivity contribution in [3.05, 3.63) is 40.0 Å². The second kappa shape index (κ2) is 5.98. The lowest BCUT2D eigenvalue weighted by Crippen LogP contribution is -2.10. The zero-order valence-corrected chi connectivity index (χ0v) is 14.5. The van der Waals surface area contributed by atoms with E-state index in [9.17, 15) is 9.59 Å². The standard InChI is InChI=1S/C14N4O2S4/c15-1-5-6(2-16)22-12-10(20)14-13(9(19)11(12)21-5)23-7(3-17)8(4-18)24-14. The molecule has 0 spiro atoms. The summed E-state index contributed by atoms with van der Waals surface area (Å²) in [6, 6.07) is 7.40. The molecule has 6 nitrogen and oxygen atoms in total. The van der Waals surface area contributed by atoms with Crippen LogP contribution < -0.4 is 10.9 Å². The minimum absolute atomic E-state index is 0.0636. The Bertz CT molecular complexity index is 1140. The van der Waals surface area contributed by atoms with Gasteiger partial charge in [-0.1, -0.05) is 0 Å². The maximum atomic E-state index is 12.7. The van der Waals surface area contributed by atoms with Gasteiger partial charge in [0.25, 0.3) is 0 Å². The average Bonchev–Trinajstić information content (AvgIpc) is 2.63. The second-order valence-electron chi connectivity index (χ2n) is 4.15. The predicted octanol–water partition coefficient (Wildman–Crippen LogP) is 3.01. The maximum absolute atomic E-state index is 12.7. The molecule has 0 N–H and O–H groups in total. The summed E-state index contributed by atoms with van der Waals surface area (Å²) in [7, 11) is 0. The minimum Gasteiger partial charge on any atom is -0.287 e. The Morgan fingerprint density at radius 3 is 0.875 bits per heavy atom. The molecular formula is C14N4O2S4. The van der Waals surface area contributed by atoms with E-state index in [0.29, 0.717) is 0 Å². The number of nitrogens with zero attached hydrogens (tertiary/aromatic N) is 4. The molecule has 0 aliphatic heterocycles. The van der Waals surface area contributed by atoms with Gasteiger partial charge in [0, 0.05) is 0 Å². The van der Waals surface area contributed by atoms with E-state index in [1.54, 1.807) is 0 Å². The van der Waals surface area contributed by atoms with Gasteiger partial charge >= 0.3 is 0 Å². The molecule has 24 heavy (non-hydrogen) atoms. The quantitative estimate of drug-likeness (QED) is 0.548. The van der Waals surface area contributed by atoms with E-state index >= 15 is 0 Å². The van der Waals surface area contributed by atoms with Crippen LogP contribution >= 0.6 is 45.3 Å². The topological polar surface area (TPSA) is 129 Å². The molecule has 112 valence electrons. The van der Waals surface area contributed by atoms with Gasteiger partial charge in [-0.25, -0.2) is 0 Å². The van der Waals surface area contributed by atoms with Crippen molar-refractivity contribution in [3.8, 4) is 24.3 Å². The monoisotopic (exact) mass is 384 g/mol. The Morgan fingerprint density at radius 2 is 0.708 bits per heavy atom. The molecule has 0 saturated carbocycles. The Kier molecular flexibility index (Phi) is 3.99. The van der Waals surface area contributed by atoms with E-state index in [0.717, 1.165) is 45.3 Å². The summed E-state index contributed by atoms with van der Waals surface area (Å²) >= 11 is 3.18. The first-order valence-corrected chi connectivity index (χ1v) is 9.20. The summed E-state index contributed by atoms with van der Waals surface area (Å²) < 4.78 is 0.352. The first-order valence-electron chi connectivity index (χ1n) is 5.94. The van der Waals surface area contributed by atoms with Gasteiger partial charge in [-0.05, 0) is 0 Å². The fraction of sp³-hybridized carbons (Fsp3) is 0. The highest BCUT2D eigenvalue weighted by Crippen LogP contribution is 2.31. The zero-order valence-electron chi connectivity index (χ0n) is 11.2. The van der Waals surface area contributed by atoms with Crippen LogP contribution in [0.5, 0.6) is 0 Å². The van der Waals surface area contributed by atoms with Crippen LogP contribution in [0.1, 0.15) is 19.5 Å². The molecule has 0 aliphatic rings. The number of fused-ring (bicyclic) bond motifs is 2. The number of hydrogen-bond donors (Lipinski definition) is 0. The first kappa shape index (κ1) is 16.0. The van der Waals surface area contributed by atoms with Crippen LogP contribution in [0.3, 0.4) is 0 Å². The molecule has 0 amide bonds. The fourth-order valence-corrected chi connectivity index (χ4v) is 6.08. The molecule has 10 heteroatoms. The molecule has 0 atom stereocenters. The van der Waals surface area contributed by atoms with Crippen LogP contribution in [0.25, 0.3) is 18.8 Å². The second-order valence-corrected chi connectivity index (χ2v) is 8.23. The number of rotatable bonds is 0. The van der Waals surface area contributed by atoms with Crippen LogP contribution in [-0.2, 0) is 0 Å². The molecule has 0 radical (unpaired) electrons. The third-order valence-corrected chi connectivity index (χ3v) is 7.76. The fourth-order valence-electron chi connectivity index (χ4n) is 1.88. The van der Waals surface area contributed by atoms with Gasteiger partial charge in [0.15, 0.2) is 0 Å². The lowest BCUT2D eigenvalue weighted by atomic mass is 10.3. The van der Waals surface area contributed by atoms with Gasteiger partial charge in [0.05, 0.1) is 18.8 Å². The third-order valence-electron chi connectivity index (χ3n) is 2.87. The number of hydrogen-bond acceptors (Lipinski definition) is 10. The smallest absolute Gasteiger partial charge is 0.216 e. The van der Waals surface area contributed by atoms with Gasteiger partial charge in [-0.2, -0.15) is 21.0 Å². The van der Waals surface area contributed by atoms with Gasteiger partial charge in [-0.15, -0.1) is 45.3 Å². The SMILES string of the molecule is N#Cc1sc2c(=O)c3sc(C#N)c(C#N)sc3c(=O)c2sc1C#N. The van der Waals surface area contributed by atoms with Crippen molar-refractivity contribution in [1.82, 2.24) is 0 Å². The normalized spacial score (nSPS) is 9.83. The van der Waals surface area contributed by atoms with Crippen molar-refractivity contribution in [3.63, 3.8) is 0 Å². The molecule has 0 fully saturated rings. The third kappa shape index (κ3) is 2.23. The Balaban J connectivity index is 2.66. The number of nitriles is 4. The van der Waals surface area contributed by atoms with Crippen molar-refractivity contribution in [1.29, 1.82) is 21.0 Å². The van der Waals surface area contributed by atoms with E-state index in [-0.39, 0.29) is 38.3 Å². The summed E-state index contributed by atoms with van der Waals surface area (Å²) in [5.41, 5.74) is -0.937. The van der Waals surface area contributed by atoms with Crippen LogP contribution in [0.15, 0.2) is 9.59 Å². The summed E-state index contributed by atoms with van der Waals surface area (Å²) in [6.45, 7) is 0. The van der Waals surface area contributed by atoms with Crippen molar-refractivity contribution in [2.75, 3.05) is 0 Å². The predicted molar refractivity (Wildman–Crippen MR) is 93.2 cm³/mol. The van der Waals surface area contributed by atoms with Gasteiger partial charge in [0.1, 0.15) is 43.8 Å². The summed E-state index contributed by atoms with van der Waals surface area (Å²) in [5.74, 6) is 0. The molecule has 0 saturated heterocycles. The summed E-state index contributed by atoms with van der Waals surface area (Å²) in [6.07, 6.45) is 0. The Morgan fingerprint density at radius 1 is 0.500 bits per heavy atom. The summed E-state index contributed by atoms with van der Waals surface area (Å²) in [4.78, 5) is 25.6. The van der Waals surface area contributed by atoms with Crippen molar-refractivity contribution in [2.24, 2.45) is 0 Å². The molecule has 3 rings (SSSR count). The van der Waals surface area contributed by atoms with E-state index in [4.69, 9.17) is 21.0 Å². The van der Waals surface area contributed by atoms with E-state index in [1.807, 2.05) is 24.3 Å². The van der Waals surface area contributed by atoms with Gasteiger partial charge < -0.3 is 0 Å². The highest BCUT2D eigenvalue weighted by atomic mass is 32.1. The zero-order chi connectivity index (χ0) is 17.4.